The molecule has 0 spiro atoms. The Morgan fingerprint density at radius 2 is 2.26 bits per heavy atom. The maximum Gasteiger partial charge on any atom is 0.257 e. The zero-order chi connectivity index (χ0) is 16.0. The average molecular weight is 309 g/mol. The molecule has 6 heteroatoms. The average Bonchev–Trinajstić information content (AvgIpc) is 2.92. The van der Waals surface area contributed by atoms with Crippen LogP contribution in [-0.2, 0) is 19.5 Å². The molecule has 2 aromatic heterocycles. The minimum absolute atomic E-state index is 0.119. The highest BCUT2D eigenvalue weighted by atomic mass is 16.1. The topological polar surface area (TPSA) is 90.8 Å². The van der Waals surface area contributed by atoms with Gasteiger partial charge in [-0.15, -0.1) is 0 Å². The Bertz CT molecular complexity index is 940. The third-order valence-electron chi connectivity index (χ3n) is 4.57. The van der Waals surface area contributed by atoms with Gasteiger partial charge in [-0.1, -0.05) is 18.2 Å². The highest BCUT2D eigenvalue weighted by molar-refractivity contribution is 5.85. The molecule has 0 bridgehead atoms. The van der Waals surface area contributed by atoms with Crippen molar-refractivity contribution in [2.75, 3.05) is 12.3 Å². The molecule has 3 aromatic rings. The molecule has 0 amide bonds. The minimum Gasteiger partial charge on any atom is -0.369 e. The van der Waals surface area contributed by atoms with Crippen LogP contribution in [0.5, 0.6) is 0 Å². The fourth-order valence-electron chi connectivity index (χ4n) is 3.37. The molecule has 1 aliphatic heterocycles. The van der Waals surface area contributed by atoms with Gasteiger partial charge >= 0.3 is 0 Å². The molecule has 118 valence electrons. The van der Waals surface area contributed by atoms with Crippen LogP contribution in [0.2, 0.25) is 0 Å². The molecular weight excluding hydrogens is 290 g/mol. The number of nitrogens with one attached hydrogen (secondary N) is 2. The quantitative estimate of drug-likeness (QED) is 0.672. The van der Waals surface area contributed by atoms with E-state index in [1.807, 2.05) is 0 Å². The number of H-pyrrole nitrogens is 2. The van der Waals surface area contributed by atoms with Crippen molar-refractivity contribution in [3.63, 3.8) is 0 Å². The van der Waals surface area contributed by atoms with E-state index in [-0.39, 0.29) is 11.5 Å². The Hall–Kier alpha value is -2.60. The lowest BCUT2D eigenvalue weighted by atomic mass is 10.1. The molecule has 0 saturated heterocycles. The zero-order valence-corrected chi connectivity index (χ0v) is 13.0. The smallest absolute Gasteiger partial charge is 0.257 e. The summed E-state index contributed by atoms with van der Waals surface area (Å²) in [5, 5.41) is 1.25. The van der Waals surface area contributed by atoms with Crippen LogP contribution in [0.4, 0.5) is 5.95 Å². The van der Waals surface area contributed by atoms with Crippen LogP contribution in [0.3, 0.4) is 0 Å². The van der Waals surface area contributed by atoms with E-state index < -0.39 is 0 Å². The molecule has 0 saturated carbocycles. The van der Waals surface area contributed by atoms with Crippen LogP contribution >= 0.6 is 0 Å². The van der Waals surface area contributed by atoms with E-state index in [0.717, 1.165) is 30.8 Å². The fourth-order valence-corrected chi connectivity index (χ4v) is 3.37. The maximum absolute atomic E-state index is 12.1. The summed E-state index contributed by atoms with van der Waals surface area (Å²) in [6.45, 7) is 4.40. The first-order valence-electron chi connectivity index (χ1n) is 7.77. The molecule has 0 fully saturated rings. The highest BCUT2D eigenvalue weighted by Crippen LogP contribution is 2.24. The molecule has 4 N–H and O–H groups in total. The van der Waals surface area contributed by atoms with Crippen molar-refractivity contribution in [2.45, 2.75) is 26.4 Å². The summed E-state index contributed by atoms with van der Waals surface area (Å²) in [7, 11) is 0. The largest absolute Gasteiger partial charge is 0.369 e. The van der Waals surface area contributed by atoms with Crippen LogP contribution in [-0.4, -0.2) is 26.4 Å². The van der Waals surface area contributed by atoms with E-state index in [2.05, 4.69) is 51.2 Å². The molecule has 0 unspecified atom stereocenters. The summed E-state index contributed by atoms with van der Waals surface area (Å²) in [5.41, 5.74) is 10.8. The number of nitrogen functional groups attached to an aromatic ring is 1. The van der Waals surface area contributed by atoms with Crippen molar-refractivity contribution in [1.82, 2.24) is 19.9 Å². The first kappa shape index (κ1) is 14.0. The summed E-state index contributed by atoms with van der Waals surface area (Å²) in [6.07, 6.45) is 2.82. The molecule has 0 radical (unpaired) electrons. The number of anilines is 1. The van der Waals surface area contributed by atoms with Crippen LogP contribution in [0.25, 0.3) is 10.9 Å². The van der Waals surface area contributed by atoms with E-state index in [9.17, 15) is 4.79 Å². The Labute approximate surface area is 133 Å². The van der Waals surface area contributed by atoms with Crippen molar-refractivity contribution in [1.29, 1.82) is 0 Å². The second kappa shape index (κ2) is 5.24. The fraction of sp³-hybridized carbons (Fsp3) is 0.294. The number of rotatable bonds is 2. The number of para-hydroxylation sites is 1. The van der Waals surface area contributed by atoms with Gasteiger partial charge in [-0.25, -0.2) is 4.98 Å². The summed E-state index contributed by atoms with van der Waals surface area (Å²) in [4.78, 5) is 24.6. The summed E-state index contributed by atoms with van der Waals surface area (Å²) in [5.74, 6) is 0.203. The number of aromatic amines is 2. The predicted molar refractivity (Wildman–Crippen MR) is 90.1 cm³/mol. The molecule has 1 aromatic carbocycles. The van der Waals surface area contributed by atoms with Crippen LogP contribution in [0.1, 0.15) is 22.4 Å². The van der Waals surface area contributed by atoms with Crippen molar-refractivity contribution in [3.8, 4) is 0 Å². The summed E-state index contributed by atoms with van der Waals surface area (Å²) in [6, 6.07) is 6.33. The summed E-state index contributed by atoms with van der Waals surface area (Å²) < 4.78 is 0. The second-order valence-electron chi connectivity index (χ2n) is 6.15. The third-order valence-corrected chi connectivity index (χ3v) is 4.57. The second-order valence-corrected chi connectivity index (χ2v) is 6.15. The number of nitrogens with two attached hydrogens (primary N) is 1. The van der Waals surface area contributed by atoms with Crippen LogP contribution in [0.15, 0.2) is 29.2 Å². The molecule has 3 heterocycles. The Balaban J connectivity index is 1.63. The zero-order valence-electron chi connectivity index (χ0n) is 13.0. The van der Waals surface area contributed by atoms with Gasteiger partial charge in [0.2, 0.25) is 5.95 Å². The SMILES string of the molecule is Cc1cccc2c(CN3CCc4nc(N)[nH]c(=O)c4C3)c[nH]c12. The Kier molecular flexibility index (Phi) is 3.20. The lowest BCUT2D eigenvalue weighted by Crippen LogP contribution is -2.35. The van der Waals surface area contributed by atoms with Gasteiger partial charge in [-0.2, -0.15) is 0 Å². The van der Waals surface area contributed by atoms with E-state index in [1.54, 1.807) is 0 Å². The molecule has 23 heavy (non-hydrogen) atoms. The van der Waals surface area contributed by atoms with Gasteiger partial charge in [0.25, 0.3) is 5.56 Å². The van der Waals surface area contributed by atoms with Crippen LogP contribution < -0.4 is 11.3 Å². The van der Waals surface area contributed by atoms with Crippen LogP contribution in [0, 0.1) is 6.92 Å². The number of hydrogen-bond donors (Lipinski definition) is 3. The molecule has 0 aliphatic carbocycles. The summed E-state index contributed by atoms with van der Waals surface area (Å²) >= 11 is 0. The van der Waals surface area contributed by atoms with Crippen molar-refractivity contribution in [2.24, 2.45) is 0 Å². The Morgan fingerprint density at radius 3 is 3.13 bits per heavy atom. The standard InChI is InChI=1S/C17H19N5O/c1-10-3-2-4-12-11(7-19-15(10)12)8-22-6-5-14-13(9-22)16(23)21-17(18)20-14/h2-4,7,19H,5-6,8-9H2,1H3,(H3,18,20,21,23). The van der Waals surface area contributed by atoms with E-state index >= 15 is 0 Å². The lowest BCUT2D eigenvalue weighted by Gasteiger charge is -2.27. The molecule has 1 aliphatic rings. The number of aromatic nitrogens is 3. The monoisotopic (exact) mass is 309 g/mol. The predicted octanol–water partition coefficient (Wildman–Crippen LogP) is 1.70. The van der Waals surface area contributed by atoms with Gasteiger partial charge in [0.05, 0.1) is 11.3 Å². The van der Waals surface area contributed by atoms with Gasteiger partial charge in [-0.05, 0) is 18.1 Å². The first-order chi connectivity index (χ1) is 11.1. The molecule has 6 nitrogen and oxygen atoms in total. The van der Waals surface area contributed by atoms with E-state index in [1.165, 1.54) is 22.0 Å². The van der Waals surface area contributed by atoms with Gasteiger partial charge in [-0.3, -0.25) is 14.7 Å². The minimum atomic E-state index is -0.119. The molecule has 0 atom stereocenters. The van der Waals surface area contributed by atoms with E-state index in [0.29, 0.717) is 6.54 Å². The number of hydrogen-bond acceptors (Lipinski definition) is 4. The van der Waals surface area contributed by atoms with Gasteiger partial charge in [0, 0.05) is 43.2 Å². The molecule has 4 rings (SSSR count). The van der Waals surface area contributed by atoms with Crippen molar-refractivity contribution < 1.29 is 0 Å². The maximum atomic E-state index is 12.1. The highest BCUT2D eigenvalue weighted by Gasteiger charge is 2.21. The number of benzene rings is 1. The lowest BCUT2D eigenvalue weighted by molar-refractivity contribution is 0.243. The number of nitrogens with zero attached hydrogens (tertiary/aromatic N) is 2. The van der Waals surface area contributed by atoms with E-state index in [4.69, 9.17) is 5.73 Å². The van der Waals surface area contributed by atoms with Gasteiger partial charge in [0.1, 0.15) is 0 Å². The third kappa shape index (κ3) is 2.41. The first-order valence-corrected chi connectivity index (χ1v) is 7.77. The number of aryl methyl sites for hydroxylation is 1. The normalized spacial score (nSPS) is 15.0. The van der Waals surface area contributed by atoms with Gasteiger partial charge < -0.3 is 10.7 Å². The van der Waals surface area contributed by atoms with Crippen molar-refractivity contribution >= 4 is 16.9 Å². The molecular formula is C17H19N5O. The van der Waals surface area contributed by atoms with Crippen molar-refractivity contribution in [3.05, 3.63) is 57.1 Å². The van der Waals surface area contributed by atoms with Gasteiger partial charge in [0.15, 0.2) is 0 Å². The Morgan fingerprint density at radius 1 is 1.39 bits per heavy atom. The number of fused-ring (bicyclic) bond motifs is 2.